The fourth-order valence-electron chi connectivity index (χ4n) is 2.47. The topological polar surface area (TPSA) is 49.8 Å². The van der Waals surface area contributed by atoms with Crippen LogP contribution in [0.5, 0.6) is 0 Å². The summed E-state index contributed by atoms with van der Waals surface area (Å²) in [5.74, 6) is 0.454. The molecule has 0 aliphatic heterocycles. The van der Waals surface area contributed by atoms with Crippen LogP contribution in [-0.2, 0) is 0 Å². The van der Waals surface area contributed by atoms with Gasteiger partial charge < -0.3 is 5.73 Å². The summed E-state index contributed by atoms with van der Waals surface area (Å²) in [5.41, 5.74) is 8.93. The predicted octanol–water partition coefficient (Wildman–Crippen LogP) is 4.48. The van der Waals surface area contributed by atoms with E-state index >= 15 is 0 Å². The van der Waals surface area contributed by atoms with E-state index in [0.29, 0.717) is 12.1 Å². The van der Waals surface area contributed by atoms with Crippen molar-refractivity contribution in [3.05, 3.63) is 70.2 Å². The van der Waals surface area contributed by atoms with Gasteiger partial charge in [0.2, 0.25) is 0 Å². The lowest BCUT2D eigenvalue weighted by atomic mass is 9.82. The molecule has 0 radical (unpaired) electrons. The molecule has 0 amide bonds. The molecule has 0 aromatic heterocycles. The predicted molar refractivity (Wildman–Crippen MR) is 90.1 cm³/mol. The van der Waals surface area contributed by atoms with E-state index in [2.05, 4.69) is 13.0 Å². The van der Waals surface area contributed by atoms with E-state index in [1.54, 1.807) is 0 Å². The van der Waals surface area contributed by atoms with Crippen LogP contribution in [0.4, 0.5) is 0 Å². The molecular formula is C17H18Cl2N2. The lowest BCUT2D eigenvalue weighted by molar-refractivity contribution is 0.584. The fourth-order valence-corrected chi connectivity index (χ4v) is 2.59. The van der Waals surface area contributed by atoms with Crippen molar-refractivity contribution in [3.63, 3.8) is 0 Å². The summed E-state index contributed by atoms with van der Waals surface area (Å²) in [5, 5.41) is 9.74. The molecule has 21 heavy (non-hydrogen) atoms. The van der Waals surface area contributed by atoms with E-state index in [4.69, 9.17) is 22.6 Å². The van der Waals surface area contributed by atoms with Crippen LogP contribution in [0.2, 0.25) is 5.02 Å². The first-order valence-electron chi connectivity index (χ1n) is 6.61. The lowest BCUT2D eigenvalue weighted by Crippen LogP contribution is -2.18. The number of nitrogens with two attached hydrogens (primary N) is 1. The minimum Gasteiger partial charge on any atom is -0.330 e. The van der Waals surface area contributed by atoms with E-state index in [0.717, 1.165) is 10.6 Å². The van der Waals surface area contributed by atoms with Crippen molar-refractivity contribution in [1.29, 1.82) is 5.26 Å². The molecule has 0 heterocycles. The van der Waals surface area contributed by atoms with E-state index in [1.165, 1.54) is 5.56 Å². The van der Waals surface area contributed by atoms with Crippen molar-refractivity contribution < 1.29 is 0 Å². The molecule has 0 aliphatic rings. The van der Waals surface area contributed by atoms with Gasteiger partial charge in [-0.2, -0.15) is 5.26 Å². The molecular weight excluding hydrogens is 303 g/mol. The zero-order chi connectivity index (χ0) is 14.5. The Bertz CT molecular complexity index is 617. The quantitative estimate of drug-likeness (QED) is 0.902. The molecule has 0 aliphatic carbocycles. The molecule has 2 aromatic carbocycles. The van der Waals surface area contributed by atoms with Gasteiger partial charge in [-0.3, -0.25) is 0 Å². The van der Waals surface area contributed by atoms with Crippen LogP contribution in [0.15, 0.2) is 48.5 Å². The largest absolute Gasteiger partial charge is 0.330 e. The highest BCUT2D eigenvalue weighted by atomic mass is 35.5. The zero-order valence-electron chi connectivity index (χ0n) is 11.8. The van der Waals surface area contributed by atoms with Crippen molar-refractivity contribution in [3.8, 4) is 6.07 Å². The molecule has 4 heteroatoms. The minimum atomic E-state index is 0. The standard InChI is InChI=1S/C17H17ClN2.ClH/c1-12(14-5-7-16(18)8-6-14)17(11-20)15-4-2-3-13(9-15)10-19;/h2-9,12,17H,11,20H2,1H3;1H. The summed E-state index contributed by atoms with van der Waals surface area (Å²) in [4.78, 5) is 0. The van der Waals surface area contributed by atoms with Gasteiger partial charge in [-0.1, -0.05) is 42.8 Å². The average Bonchev–Trinajstić information content (AvgIpc) is 2.49. The average molecular weight is 321 g/mol. The summed E-state index contributed by atoms with van der Waals surface area (Å²) < 4.78 is 0. The molecule has 0 bridgehead atoms. The fraction of sp³-hybridized carbons (Fsp3) is 0.235. The summed E-state index contributed by atoms with van der Waals surface area (Å²) in [6, 6.07) is 17.7. The second-order valence-electron chi connectivity index (χ2n) is 4.92. The number of benzene rings is 2. The minimum absolute atomic E-state index is 0. The second-order valence-corrected chi connectivity index (χ2v) is 5.36. The van der Waals surface area contributed by atoms with Crippen molar-refractivity contribution in [1.82, 2.24) is 0 Å². The van der Waals surface area contributed by atoms with Crippen molar-refractivity contribution >= 4 is 24.0 Å². The van der Waals surface area contributed by atoms with Gasteiger partial charge in [0.1, 0.15) is 0 Å². The summed E-state index contributed by atoms with van der Waals surface area (Å²) in [6.07, 6.45) is 0. The Hall–Kier alpha value is -1.53. The lowest BCUT2D eigenvalue weighted by Gasteiger charge is -2.23. The third kappa shape index (κ3) is 4.22. The first-order chi connectivity index (χ1) is 9.65. The Balaban J connectivity index is 0.00000220. The Morgan fingerprint density at radius 2 is 1.81 bits per heavy atom. The smallest absolute Gasteiger partial charge is 0.0991 e. The molecule has 0 saturated heterocycles. The number of rotatable bonds is 4. The Labute approximate surface area is 137 Å². The highest BCUT2D eigenvalue weighted by Crippen LogP contribution is 2.32. The van der Waals surface area contributed by atoms with Gasteiger partial charge in [-0.25, -0.2) is 0 Å². The number of hydrogen-bond acceptors (Lipinski definition) is 2. The van der Waals surface area contributed by atoms with E-state index in [9.17, 15) is 0 Å². The van der Waals surface area contributed by atoms with Crippen LogP contribution in [0.1, 0.15) is 35.4 Å². The van der Waals surface area contributed by atoms with Gasteiger partial charge >= 0.3 is 0 Å². The van der Waals surface area contributed by atoms with Crippen LogP contribution in [-0.4, -0.2) is 6.54 Å². The highest BCUT2D eigenvalue weighted by molar-refractivity contribution is 6.30. The number of nitriles is 1. The van der Waals surface area contributed by atoms with Gasteiger partial charge in [0.05, 0.1) is 11.6 Å². The molecule has 110 valence electrons. The van der Waals surface area contributed by atoms with Crippen molar-refractivity contribution in [2.75, 3.05) is 6.54 Å². The van der Waals surface area contributed by atoms with E-state index < -0.39 is 0 Å². The van der Waals surface area contributed by atoms with Crippen molar-refractivity contribution in [2.24, 2.45) is 5.73 Å². The first-order valence-corrected chi connectivity index (χ1v) is 6.99. The third-order valence-corrected chi connectivity index (χ3v) is 3.95. The number of nitrogens with zero attached hydrogens (tertiary/aromatic N) is 1. The Morgan fingerprint density at radius 1 is 1.14 bits per heavy atom. The number of hydrogen-bond donors (Lipinski definition) is 1. The second kappa shape index (κ2) is 8.05. The van der Waals surface area contributed by atoms with Gasteiger partial charge in [-0.05, 0) is 47.9 Å². The van der Waals surface area contributed by atoms with Crippen LogP contribution >= 0.6 is 24.0 Å². The van der Waals surface area contributed by atoms with Crippen LogP contribution in [0.3, 0.4) is 0 Å². The molecule has 0 saturated carbocycles. The highest BCUT2D eigenvalue weighted by Gasteiger charge is 2.19. The van der Waals surface area contributed by atoms with Crippen LogP contribution in [0, 0.1) is 11.3 Å². The van der Waals surface area contributed by atoms with Crippen LogP contribution < -0.4 is 5.73 Å². The molecule has 2 nitrogen and oxygen atoms in total. The third-order valence-electron chi connectivity index (χ3n) is 3.70. The molecule has 0 spiro atoms. The maximum Gasteiger partial charge on any atom is 0.0991 e. The van der Waals surface area contributed by atoms with Gasteiger partial charge in [0.25, 0.3) is 0 Å². The molecule has 0 fully saturated rings. The zero-order valence-corrected chi connectivity index (χ0v) is 13.4. The number of halogens is 2. The summed E-state index contributed by atoms with van der Waals surface area (Å²) in [6.45, 7) is 2.69. The van der Waals surface area contributed by atoms with E-state index in [1.807, 2.05) is 48.5 Å². The maximum absolute atomic E-state index is 9.01. The first kappa shape index (κ1) is 17.5. The Morgan fingerprint density at radius 3 is 2.38 bits per heavy atom. The summed E-state index contributed by atoms with van der Waals surface area (Å²) in [7, 11) is 0. The monoisotopic (exact) mass is 320 g/mol. The molecule has 2 unspecified atom stereocenters. The summed E-state index contributed by atoms with van der Waals surface area (Å²) >= 11 is 5.93. The van der Waals surface area contributed by atoms with E-state index in [-0.39, 0.29) is 24.2 Å². The van der Waals surface area contributed by atoms with Gasteiger partial charge in [0, 0.05) is 10.9 Å². The van der Waals surface area contributed by atoms with Crippen LogP contribution in [0.25, 0.3) is 0 Å². The normalized spacial score (nSPS) is 12.9. The van der Waals surface area contributed by atoms with Crippen molar-refractivity contribution in [2.45, 2.75) is 18.8 Å². The van der Waals surface area contributed by atoms with Gasteiger partial charge in [-0.15, -0.1) is 12.4 Å². The molecule has 2 N–H and O–H groups in total. The molecule has 2 aromatic rings. The maximum atomic E-state index is 9.01. The van der Waals surface area contributed by atoms with Gasteiger partial charge in [0.15, 0.2) is 0 Å². The molecule has 2 rings (SSSR count). The Kier molecular flexibility index (Phi) is 6.71. The SMILES string of the molecule is CC(c1ccc(Cl)cc1)C(CN)c1cccc(C#N)c1.Cl. The molecule has 2 atom stereocenters.